The summed E-state index contributed by atoms with van der Waals surface area (Å²) in [7, 11) is -3.35. The summed E-state index contributed by atoms with van der Waals surface area (Å²) in [6.45, 7) is 3.27. The van der Waals surface area contributed by atoms with Crippen molar-refractivity contribution in [2.75, 3.05) is 6.26 Å². The zero-order valence-corrected chi connectivity index (χ0v) is 21.6. The molecule has 5 nitrogen and oxygen atoms in total. The first-order valence-corrected chi connectivity index (χ1v) is 13.3. The van der Waals surface area contributed by atoms with Crippen LogP contribution in [-0.4, -0.2) is 29.3 Å². The van der Waals surface area contributed by atoms with E-state index in [0.717, 1.165) is 5.56 Å². The Hall–Kier alpha value is -2.35. The number of hydrogen-bond donors (Lipinski definition) is 1. The standard InChI is InChI=1S/C25H21Cl3N2O3S/c1-25(2,31)22-14-30(23-19(26)8-5-9-20(23)27)24(29-22)18-11-10-16(13-21(18)28)15-6-4-7-17(12-15)34(3,32)33/h4-14,31H,1-3H3. The van der Waals surface area contributed by atoms with Crippen molar-refractivity contribution in [3.05, 3.63) is 87.6 Å². The number of para-hydroxylation sites is 1. The normalized spacial score (nSPS) is 12.2. The Bertz CT molecular complexity index is 1490. The van der Waals surface area contributed by atoms with Crippen LogP contribution in [0.15, 0.2) is 71.8 Å². The van der Waals surface area contributed by atoms with Gasteiger partial charge in [0, 0.05) is 18.0 Å². The lowest BCUT2D eigenvalue weighted by molar-refractivity contribution is 0.0743. The first-order valence-electron chi connectivity index (χ1n) is 10.2. The van der Waals surface area contributed by atoms with Gasteiger partial charge in [0.05, 0.1) is 31.3 Å². The molecular weight excluding hydrogens is 515 g/mol. The molecule has 9 heteroatoms. The molecule has 34 heavy (non-hydrogen) atoms. The van der Waals surface area contributed by atoms with Gasteiger partial charge in [-0.3, -0.25) is 4.57 Å². The molecule has 0 aliphatic heterocycles. The van der Waals surface area contributed by atoms with E-state index in [0.29, 0.717) is 43.4 Å². The van der Waals surface area contributed by atoms with E-state index in [1.54, 1.807) is 73.1 Å². The molecule has 4 aromatic rings. The van der Waals surface area contributed by atoms with E-state index in [1.165, 1.54) is 6.26 Å². The number of benzene rings is 3. The van der Waals surface area contributed by atoms with Gasteiger partial charge in [-0.1, -0.05) is 59.1 Å². The minimum atomic E-state index is -3.35. The third-order valence-corrected chi connectivity index (χ3v) is 7.35. The number of sulfone groups is 1. The largest absolute Gasteiger partial charge is 0.384 e. The van der Waals surface area contributed by atoms with Crippen molar-refractivity contribution < 1.29 is 13.5 Å². The monoisotopic (exact) mass is 534 g/mol. The SMILES string of the molecule is CC(C)(O)c1cn(-c2c(Cl)cccc2Cl)c(-c2ccc(-c3cccc(S(C)(=O)=O)c3)cc2Cl)n1. The molecule has 0 aliphatic rings. The first kappa shape index (κ1) is 24.8. The number of imidazole rings is 1. The molecule has 0 fully saturated rings. The molecule has 0 radical (unpaired) electrons. The first-order chi connectivity index (χ1) is 15.9. The summed E-state index contributed by atoms with van der Waals surface area (Å²) in [6.07, 6.45) is 2.85. The zero-order valence-electron chi connectivity index (χ0n) is 18.6. The summed E-state index contributed by atoms with van der Waals surface area (Å²) in [5, 5.41) is 11.8. The summed E-state index contributed by atoms with van der Waals surface area (Å²) in [4.78, 5) is 4.88. The second kappa shape index (κ2) is 9.02. The minimum Gasteiger partial charge on any atom is -0.384 e. The molecule has 1 N–H and O–H groups in total. The molecule has 4 rings (SSSR count). The average molecular weight is 536 g/mol. The fourth-order valence-corrected chi connectivity index (χ4v) is 5.05. The van der Waals surface area contributed by atoms with Crippen LogP contribution in [0.3, 0.4) is 0 Å². The van der Waals surface area contributed by atoms with E-state index in [-0.39, 0.29) is 4.90 Å². The van der Waals surface area contributed by atoms with Crippen molar-refractivity contribution in [2.24, 2.45) is 0 Å². The van der Waals surface area contributed by atoms with Gasteiger partial charge in [0.1, 0.15) is 11.4 Å². The third-order valence-electron chi connectivity index (χ3n) is 5.32. The second-order valence-corrected chi connectivity index (χ2v) is 11.7. The highest BCUT2D eigenvalue weighted by Crippen LogP contribution is 2.38. The Kier molecular flexibility index (Phi) is 6.57. The fraction of sp³-hybridized carbons (Fsp3) is 0.160. The summed E-state index contributed by atoms with van der Waals surface area (Å²) < 4.78 is 25.6. The predicted octanol–water partition coefficient (Wildman–Crippen LogP) is 6.80. The zero-order chi connectivity index (χ0) is 24.8. The smallest absolute Gasteiger partial charge is 0.175 e. The van der Waals surface area contributed by atoms with E-state index >= 15 is 0 Å². The van der Waals surface area contributed by atoms with Gasteiger partial charge in [0.25, 0.3) is 0 Å². The van der Waals surface area contributed by atoms with E-state index in [1.807, 2.05) is 12.1 Å². The minimum absolute atomic E-state index is 0.226. The van der Waals surface area contributed by atoms with Gasteiger partial charge in [-0.2, -0.15) is 0 Å². The summed E-state index contributed by atoms with van der Waals surface area (Å²) in [5.41, 5.74) is 1.77. The molecule has 0 atom stereocenters. The van der Waals surface area contributed by atoms with Gasteiger partial charge < -0.3 is 5.11 Å². The van der Waals surface area contributed by atoms with Crippen molar-refractivity contribution in [1.82, 2.24) is 9.55 Å². The Morgan fingerprint density at radius 3 is 2.09 bits per heavy atom. The summed E-state index contributed by atoms with van der Waals surface area (Å²) in [6, 6.07) is 17.2. The Morgan fingerprint density at radius 2 is 1.50 bits per heavy atom. The summed E-state index contributed by atoms with van der Waals surface area (Å²) in [5.74, 6) is 0.452. The van der Waals surface area contributed by atoms with Gasteiger partial charge in [0.2, 0.25) is 0 Å². The molecule has 1 heterocycles. The molecule has 3 aromatic carbocycles. The van der Waals surface area contributed by atoms with Gasteiger partial charge >= 0.3 is 0 Å². The lowest BCUT2D eigenvalue weighted by atomic mass is 10.0. The number of aromatic nitrogens is 2. The molecule has 0 saturated carbocycles. The Balaban J connectivity index is 1.88. The van der Waals surface area contributed by atoms with Gasteiger partial charge in [-0.15, -0.1) is 0 Å². The molecular formula is C25H21Cl3N2O3S. The molecule has 176 valence electrons. The number of aliphatic hydroxyl groups is 1. The molecule has 0 bridgehead atoms. The second-order valence-electron chi connectivity index (χ2n) is 8.44. The van der Waals surface area contributed by atoms with Crippen molar-refractivity contribution in [1.29, 1.82) is 0 Å². The van der Waals surface area contributed by atoms with Crippen LogP contribution in [0, 0.1) is 0 Å². The maximum atomic E-state index is 12.0. The summed E-state index contributed by atoms with van der Waals surface area (Å²) >= 11 is 19.6. The van der Waals surface area contributed by atoms with E-state index in [4.69, 9.17) is 34.8 Å². The van der Waals surface area contributed by atoms with E-state index < -0.39 is 15.4 Å². The van der Waals surface area contributed by atoms with Gasteiger partial charge in [-0.05, 0) is 61.4 Å². The highest BCUT2D eigenvalue weighted by molar-refractivity contribution is 7.90. The highest BCUT2D eigenvalue weighted by Gasteiger charge is 2.25. The van der Waals surface area contributed by atoms with Crippen LogP contribution in [-0.2, 0) is 15.4 Å². The topological polar surface area (TPSA) is 72.2 Å². The number of hydrogen-bond acceptors (Lipinski definition) is 4. The molecule has 0 unspecified atom stereocenters. The van der Waals surface area contributed by atoms with Crippen LogP contribution < -0.4 is 0 Å². The highest BCUT2D eigenvalue weighted by atomic mass is 35.5. The molecule has 0 aliphatic carbocycles. The molecule has 0 spiro atoms. The van der Waals surface area contributed by atoms with Gasteiger partial charge in [-0.25, -0.2) is 13.4 Å². The van der Waals surface area contributed by atoms with Crippen LogP contribution in [0.1, 0.15) is 19.5 Å². The average Bonchev–Trinajstić information content (AvgIpc) is 3.18. The number of halogens is 3. The predicted molar refractivity (Wildman–Crippen MR) is 138 cm³/mol. The molecule has 0 saturated heterocycles. The van der Waals surface area contributed by atoms with E-state index in [9.17, 15) is 13.5 Å². The van der Waals surface area contributed by atoms with Crippen molar-refractivity contribution in [3.63, 3.8) is 0 Å². The maximum absolute atomic E-state index is 12.0. The molecule has 1 aromatic heterocycles. The van der Waals surface area contributed by atoms with Crippen molar-refractivity contribution in [2.45, 2.75) is 24.3 Å². The van der Waals surface area contributed by atoms with Crippen LogP contribution in [0.4, 0.5) is 0 Å². The Labute approximate surface area is 213 Å². The van der Waals surface area contributed by atoms with Gasteiger partial charge in [0.15, 0.2) is 9.84 Å². The van der Waals surface area contributed by atoms with Crippen LogP contribution in [0.25, 0.3) is 28.2 Å². The number of nitrogens with zero attached hydrogens (tertiary/aromatic N) is 2. The quantitative estimate of drug-likeness (QED) is 0.305. The Morgan fingerprint density at radius 1 is 0.882 bits per heavy atom. The molecule has 0 amide bonds. The van der Waals surface area contributed by atoms with Crippen LogP contribution in [0.2, 0.25) is 15.1 Å². The lowest BCUT2D eigenvalue weighted by Gasteiger charge is -2.13. The van der Waals surface area contributed by atoms with E-state index in [2.05, 4.69) is 4.98 Å². The lowest BCUT2D eigenvalue weighted by Crippen LogP contribution is -2.15. The van der Waals surface area contributed by atoms with Crippen molar-refractivity contribution in [3.8, 4) is 28.2 Å². The number of rotatable bonds is 5. The van der Waals surface area contributed by atoms with Crippen LogP contribution >= 0.6 is 34.8 Å². The third kappa shape index (κ3) is 4.88. The van der Waals surface area contributed by atoms with Crippen LogP contribution in [0.5, 0.6) is 0 Å². The van der Waals surface area contributed by atoms with Crippen molar-refractivity contribution >= 4 is 44.6 Å². The maximum Gasteiger partial charge on any atom is 0.175 e. The fourth-order valence-electron chi connectivity index (χ4n) is 3.54.